The molecule has 0 saturated heterocycles. The first-order valence-electron chi connectivity index (χ1n) is 10.9. The molecule has 37 heavy (non-hydrogen) atoms. The van der Waals surface area contributed by atoms with Gasteiger partial charge in [-0.15, -0.1) is 0 Å². The van der Waals surface area contributed by atoms with Crippen LogP contribution in [-0.4, -0.2) is 33.6 Å². The maximum atomic E-state index is 14.2. The molecule has 1 unspecified atom stereocenters. The molecule has 1 aliphatic heterocycles. The number of nitrogens with one attached hydrogen (secondary N) is 2. The van der Waals surface area contributed by atoms with Gasteiger partial charge < -0.3 is 5.32 Å². The molecular weight excluding hydrogens is 526 g/mol. The van der Waals surface area contributed by atoms with E-state index in [0.717, 1.165) is 25.0 Å². The molecule has 1 aliphatic carbocycles. The molecule has 1 aromatic heterocycles. The number of nitrogens with zero attached hydrogens (tertiary/aromatic N) is 2. The van der Waals surface area contributed by atoms with Crippen LogP contribution in [0.15, 0.2) is 49.0 Å². The van der Waals surface area contributed by atoms with E-state index >= 15 is 0 Å². The van der Waals surface area contributed by atoms with Crippen LogP contribution in [-0.2, 0) is 6.18 Å². The summed E-state index contributed by atoms with van der Waals surface area (Å²) in [4.78, 5) is 25.8. The van der Waals surface area contributed by atoms with Crippen molar-refractivity contribution in [3.05, 3.63) is 76.5 Å². The van der Waals surface area contributed by atoms with Gasteiger partial charge in [0.25, 0.3) is 11.8 Å². The van der Waals surface area contributed by atoms with Crippen molar-refractivity contribution in [3.63, 3.8) is 0 Å². The van der Waals surface area contributed by atoms with E-state index in [0.29, 0.717) is 23.0 Å². The Bertz CT molecular complexity index is 1460. The standard InChI is InChI=1S/C24H17ClF6N4O2/c1-11-33-35(20(24(29,30)31)12-3-2-4-14(7-12)23(26,27)28)22(37)19-9-13-8-16(21(36)32-15-5-6-15)17(25)10-18(13)34(11)19/h2-4,7-10,15,20,33H,1,5-6H2,(H,32,36). The smallest absolute Gasteiger partial charge is 0.349 e. The zero-order chi connectivity index (χ0) is 26.9. The molecule has 2 N–H and O–H groups in total. The van der Waals surface area contributed by atoms with Crippen molar-refractivity contribution in [1.82, 2.24) is 20.3 Å². The van der Waals surface area contributed by atoms with Crippen molar-refractivity contribution >= 4 is 40.1 Å². The fourth-order valence-corrected chi connectivity index (χ4v) is 4.50. The summed E-state index contributed by atoms with van der Waals surface area (Å²) in [7, 11) is 0. The summed E-state index contributed by atoms with van der Waals surface area (Å²) in [6.07, 6.45) is -8.34. The van der Waals surface area contributed by atoms with E-state index in [9.17, 15) is 35.9 Å². The first-order valence-corrected chi connectivity index (χ1v) is 11.3. The number of aromatic nitrogens is 1. The summed E-state index contributed by atoms with van der Waals surface area (Å²) in [6.45, 7) is 3.70. The first-order chi connectivity index (χ1) is 17.3. The predicted molar refractivity (Wildman–Crippen MR) is 122 cm³/mol. The average molecular weight is 543 g/mol. The summed E-state index contributed by atoms with van der Waals surface area (Å²) in [5, 5.41) is 3.39. The zero-order valence-corrected chi connectivity index (χ0v) is 19.4. The van der Waals surface area contributed by atoms with Crippen molar-refractivity contribution in [2.45, 2.75) is 37.3 Å². The van der Waals surface area contributed by atoms with Crippen molar-refractivity contribution in [1.29, 1.82) is 0 Å². The van der Waals surface area contributed by atoms with E-state index in [-0.39, 0.29) is 33.2 Å². The van der Waals surface area contributed by atoms with Crippen molar-refractivity contribution in [2.24, 2.45) is 0 Å². The highest BCUT2D eigenvalue weighted by Crippen LogP contribution is 2.42. The van der Waals surface area contributed by atoms with E-state index in [1.54, 1.807) is 0 Å². The molecule has 3 aromatic rings. The lowest BCUT2D eigenvalue weighted by atomic mass is 10.0. The molecule has 13 heteroatoms. The van der Waals surface area contributed by atoms with Gasteiger partial charge in [0.1, 0.15) is 11.5 Å². The quantitative estimate of drug-likeness (QED) is 0.404. The van der Waals surface area contributed by atoms with Crippen LogP contribution in [0.3, 0.4) is 0 Å². The molecule has 6 nitrogen and oxygen atoms in total. The molecule has 1 fully saturated rings. The Kier molecular flexibility index (Phi) is 5.70. The van der Waals surface area contributed by atoms with Gasteiger partial charge in [0.2, 0.25) is 0 Å². The molecule has 0 bridgehead atoms. The van der Waals surface area contributed by atoms with Crippen LogP contribution in [0.2, 0.25) is 5.02 Å². The molecule has 1 saturated carbocycles. The summed E-state index contributed by atoms with van der Waals surface area (Å²) in [5.74, 6) is -1.76. The lowest BCUT2D eigenvalue weighted by Crippen LogP contribution is -2.53. The minimum absolute atomic E-state index is 0.0516. The minimum Gasteiger partial charge on any atom is -0.349 e. The Hall–Kier alpha value is -3.67. The van der Waals surface area contributed by atoms with Gasteiger partial charge in [0.05, 0.1) is 21.7 Å². The molecule has 2 aliphatic rings. The Morgan fingerprint density at radius 3 is 2.43 bits per heavy atom. The second kappa shape index (κ2) is 8.44. The number of amides is 2. The molecule has 0 radical (unpaired) electrons. The summed E-state index contributed by atoms with van der Waals surface area (Å²) < 4.78 is 83.4. The molecule has 2 aromatic carbocycles. The number of hydrogen-bond donors (Lipinski definition) is 2. The molecule has 5 rings (SSSR count). The highest BCUT2D eigenvalue weighted by molar-refractivity contribution is 6.34. The number of rotatable bonds is 4. The topological polar surface area (TPSA) is 66.4 Å². The Morgan fingerprint density at radius 1 is 1.11 bits per heavy atom. The van der Waals surface area contributed by atoms with Gasteiger partial charge in [-0.3, -0.25) is 19.6 Å². The van der Waals surface area contributed by atoms with Gasteiger partial charge in [-0.05, 0) is 48.7 Å². The third-order valence-corrected chi connectivity index (χ3v) is 6.42. The number of benzene rings is 2. The van der Waals surface area contributed by atoms with Crippen molar-refractivity contribution in [2.75, 3.05) is 0 Å². The molecule has 0 spiro atoms. The number of halogens is 7. The molecule has 1 atom stereocenters. The maximum Gasteiger partial charge on any atom is 0.416 e. The number of alkyl halides is 6. The van der Waals surface area contributed by atoms with Crippen LogP contribution in [0.1, 0.15) is 50.9 Å². The number of hydrazine groups is 1. The summed E-state index contributed by atoms with van der Waals surface area (Å²) in [6, 6.07) is 4.08. The highest BCUT2D eigenvalue weighted by Gasteiger charge is 2.50. The van der Waals surface area contributed by atoms with Gasteiger partial charge in [-0.1, -0.05) is 30.3 Å². The Morgan fingerprint density at radius 2 is 1.81 bits per heavy atom. The Balaban J connectivity index is 1.58. The van der Waals surface area contributed by atoms with Crippen molar-refractivity contribution in [3.8, 4) is 0 Å². The third kappa shape index (κ3) is 4.50. The number of carbonyl (C=O) groups is 2. The summed E-state index contributed by atoms with van der Waals surface area (Å²) >= 11 is 6.30. The first kappa shape index (κ1) is 25.0. The van der Waals surface area contributed by atoms with E-state index in [1.165, 1.54) is 22.8 Å². The molecule has 2 heterocycles. The lowest BCUT2D eigenvalue weighted by molar-refractivity contribution is -0.184. The van der Waals surface area contributed by atoms with Gasteiger partial charge >= 0.3 is 12.4 Å². The number of carbonyl (C=O) groups excluding carboxylic acids is 2. The summed E-state index contributed by atoms with van der Waals surface area (Å²) in [5.41, 5.74) is 0.397. The van der Waals surface area contributed by atoms with E-state index in [1.807, 2.05) is 0 Å². The average Bonchev–Trinajstić information content (AvgIpc) is 3.52. The van der Waals surface area contributed by atoms with E-state index < -0.39 is 41.3 Å². The lowest BCUT2D eigenvalue weighted by Gasteiger charge is -2.38. The largest absolute Gasteiger partial charge is 0.416 e. The van der Waals surface area contributed by atoms with Crippen molar-refractivity contribution < 1.29 is 35.9 Å². The van der Waals surface area contributed by atoms with E-state index in [4.69, 9.17) is 11.6 Å². The zero-order valence-electron chi connectivity index (χ0n) is 18.7. The fraction of sp³-hybridized carbons (Fsp3) is 0.250. The molecule has 2 amide bonds. The normalized spacial score (nSPS) is 17.0. The molecular formula is C24H17ClF6N4O2. The van der Waals surface area contributed by atoms with Crippen LogP contribution in [0.4, 0.5) is 26.3 Å². The number of fused-ring (bicyclic) bond motifs is 3. The van der Waals surface area contributed by atoms with Crippen LogP contribution >= 0.6 is 11.6 Å². The second-order valence-corrected chi connectivity index (χ2v) is 9.21. The molecule has 194 valence electrons. The second-order valence-electron chi connectivity index (χ2n) is 8.80. The Labute approximate surface area is 210 Å². The maximum absolute atomic E-state index is 14.2. The van der Waals surface area contributed by atoms with Crippen LogP contribution in [0, 0.1) is 0 Å². The fourth-order valence-electron chi connectivity index (χ4n) is 4.26. The monoisotopic (exact) mass is 542 g/mol. The van der Waals surface area contributed by atoms with Crippen LogP contribution < -0.4 is 10.7 Å². The van der Waals surface area contributed by atoms with Crippen LogP contribution in [0.5, 0.6) is 0 Å². The van der Waals surface area contributed by atoms with Gasteiger partial charge in [-0.25, -0.2) is 5.01 Å². The van der Waals surface area contributed by atoms with Crippen LogP contribution in [0.25, 0.3) is 16.7 Å². The van der Waals surface area contributed by atoms with Gasteiger partial charge in [0, 0.05) is 11.4 Å². The number of hydrogen-bond acceptors (Lipinski definition) is 3. The van der Waals surface area contributed by atoms with Gasteiger partial charge in [0.15, 0.2) is 6.04 Å². The third-order valence-electron chi connectivity index (χ3n) is 6.10. The van der Waals surface area contributed by atoms with Gasteiger partial charge in [-0.2, -0.15) is 26.3 Å². The van der Waals surface area contributed by atoms with E-state index in [2.05, 4.69) is 17.3 Å². The predicted octanol–water partition coefficient (Wildman–Crippen LogP) is 5.90. The SMILES string of the molecule is C=C1NN(C(c2cccc(C(F)(F)F)c2)C(F)(F)F)C(=O)c2cc3cc(C(=O)NC4CC4)c(Cl)cc3n21. The minimum atomic E-state index is -5.14. The highest BCUT2D eigenvalue weighted by atomic mass is 35.5.